The first-order chi connectivity index (χ1) is 8.28. The molecule has 3 N–H and O–H groups in total. The van der Waals surface area contributed by atoms with Crippen LogP contribution in [0.5, 0.6) is 0 Å². The van der Waals surface area contributed by atoms with E-state index in [9.17, 15) is 0 Å². The van der Waals surface area contributed by atoms with Gasteiger partial charge in [0.2, 0.25) is 11.9 Å². The Balaban J connectivity index is 2.21. The molecule has 0 aliphatic heterocycles. The van der Waals surface area contributed by atoms with Crippen LogP contribution in [0.25, 0.3) is 0 Å². The van der Waals surface area contributed by atoms with Crippen molar-refractivity contribution in [1.29, 1.82) is 0 Å². The fraction of sp³-hybridized carbons (Fsp3) is 0.250. The highest BCUT2D eigenvalue weighted by Crippen LogP contribution is 2.12. The van der Waals surface area contributed by atoms with Crippen LogP contribution >= 0.6 is 0 Å². The molecule has 2 aromatic rings. The average molecular weight is 229 g/mol. The van der Waals surface area contributed by atoms with E-state index in [2.05, 4.69) is 27.2 Å². The van der Waals surface area contributed by atoms with Crippen LogP contribution in [0, 0.1) is 0 Å². The predicted molar refractivity (Wildman–Crippen MR) is 68.0 cm³/mol. The molecule has 0 saturated carbocycles. The van der Waals surface area contributed by atoms with Crippen molar-refractivity contribution in [1.82, 2.24) is 15.0 Å². The minimum Gasteiger partial charge on any atom is -0.368 e. The molecule has 2 rings (SSSR count). The van der Waals surface area contributed by atoms with Gasteiger partial charge in [0, 0.05) is 12.1 Å². The van der Waals surface area contributed by atoms with Crippen molar-refractivity contribution in [2.75, 3.05) is 11.1 Å². The second-order valence-electron chi connectivity index (χ2n) is 3.67. The Bertz CT molecular complexity index is 484. The molecule has 17 heavy (non-hydrogen) atoms. The van der Waals surface area contributed by atoms with Gasteiger partial charge < -0.3 is 11.1 Å². The number of para-hydroxylation sites is 1. The molecule has 88 valence electrons. The number of anilines is 3. The van der Waals surface area contributed by atoms with Crippen molar-refractivity contribution in [2.24, 2.45) is 0 Å². The van der Waals surface area contributed by atoms with Crippen LogP contribution in [0.1, 0.15) is 19.2 Å². The summed E-state index contributed by atoms with van der Waals surface area (Å²) < 4.78 is 0. The van der Waals surface area contributed by atoms with E-state index in [0.29, 0.717) is 5.95 Å². The van der Waals surface area contributed by atoms with Crippen LogP contribution in [0.15, 0.2) is 30.3 Å². The van der Waals surface area contributed by atoms with Crippen LogP contribution < -0.4 is 11.1 Å². The maximum Gasteiger partial charge on any atom is 0.232 e. The zero-order valence-corrected chi connectivity index (χ0v) is 9.72. The van der Waals surface area contributed by atoms with Crippen molar-refractivity contribution in [3.63, 3.8) is 0 Å². The second-order valence-corrected chi connectivity index (χ2v) is 3.67. The molecule has 1 heterocycles. The van der Waals surface area contributed by atoms with Crippen molar-refractivity contribution < 1.29 is 0 Å². The smallest absolute Gasteiger partial charge is 0.232 e. The van der Waals surface area contributed by atoms with Gasteiger partial charge in [0.1, 0.15) is 5.82 Å². The molecule has 1 aromatic heterocycles. The van der Waals surface area contributed by atoms with Crippen LogP contribution in [0.2, 0.25) is 0 Å². The maximum atomic E-state index is 5.64. The first-order valence-corrected chi connectivity index (χ1v) is 5.60. The molecule has 1 aromatic carbocycles. The minimum atomic E-state index is 0.252. The lowest BCUT2D eigenvalue weighted by atomic mass is 10.3. The van der Waals surface area contributed by atoms with Gasteiger partial charge in [-0.15, -0.1) is 0 Å². The molecule has 5 nitrogen and oxygen atoms in total. The summed E-state index contributed by atoms with van der Waals surface area (Å²) in [6.07, 6.45) is 1.78. The summed E-state index contributed by atoms with van der Waals surface area (Å²) in [5.74, 6) is 1.47. The molecular formula is C12H15N5. The quantitative estimate of drug-likeness (QED) is 0.840. The fourth-order valence-corrected chi connectivity index (χ4v) is 1.48. The van der Waals surface area contributed by atoms with E-state index in [1.807, 2.05) is 30.3 Å². The SMILES string of the molecule is CCCc1nc(N)nc(Nc2ccccc2)n1. The third kappa shape index (κ3) is 3.14. The maximum absolute atomic E-state index is 5.64. The summed E-state index contributed by atoms with van der Waals surface area (Å²) in [6.45, 7) is 2.07. The van der Waals surface area contributed by atoms with Crippen molar-refractivity contribution in [2.45, 2.75) is 19.8 Å². The molecule has 0 bridgehead atoms. The number of rotatable bonds is 4. The molecule has 0 fully saturated rings. The summed E-state index contributed by atoms with van der Waals surface area (Å²) in [5, 5.41) is 3.10. The summed E-state index contributed by atoms with van der Waals surface area (Å²) in [4.78, 5) is 12.4. The second kappa shape index (κ2) is 5.25. The number of nitrogens with two attached hydrogens (primary N) is 1. The Labute approximate surface area is 100 Å². The predicted octanol–water partition coefficient (Wildman–Crippen LogP) is 2.15. The van der Waals surface area contributed by atoms with Gasteiger partial charge in [0.05, 0.1) is 0 Å². The lowest BCUT2D eigenvalue weighted by molar-refractivity contribution is 0.825. The van der Waals surface area contributed by atoms with Crippen LogP contribution in [-0.2, 0) is 6.42 Å². The van der Waals surface area contributed by atoms with Crippen LogP contribution in [0.4, 0.5) is 17.6 Å². The Hall–Kier alpha value is -2.17. The van der Waals surface area contributed by atoms with Gasteiger partial charge in [0.25, 0.3) is 0 Å². The summed E-state index contributed by atoms with van der Waals surface area (Å²) in [6, 6.07) is 9.73. The van der Waals surface area contributed by atoms with E-state index in [4.69, 9.17) is 5.73 Å². The van der Waals surface area contributed by atoms with Gasteiger partial charge in [-0.1, -0.05) is 25.1 Å². The van der Waals surface area contributed by atoms with Gasteiger partial charge in [-0.3, -0.25) is 0 Å². The number of aromatic nitrogens is 3. The number of aryl methyl sites for hydroxylation is 1. The van der Waals surface area contributed by atoms with E-state index in [-0.39, 0.29) is 5.95 Å². The van der Waals surface area contributed by atoms with E-state index >= 15 is 0 Å². The lowest BCUT2D eigenvalue weighted by Crippen LogP contribution is -2.06. The number of nitrogens with one attached hydrogen (secondary N) is 1. The summed E-state index contributed by atoms with van der Waals surface area (Å²) in [5.41, 5.74) is 6.57. The molecule has 0 spiro atoms. The molecule has 0 aliphatic carbocycles. The Morgan fingerprint density at radius 1 is 1.12 bits per heavy atom. The highest BCUT2D eigenvalue weighted by atomic mass is 15.2. The number of nitrogen functional groups attached to an aromatic ring is 1. The fourth-order valence-electron chi connectivity index (χ4n) is 1.48. The Morgan fingerprint density at radius 3 is 2.59 bits per heavy atom. The van der Waals surface area contributed by atoms with Gasteiger partial charge in [0.15, 0.2) is 0 Å². The van der Waals surface area contributed by atoms with E-state index in [0.717, 1.165) is 24.4 Å². The number of nitrogens with zero attached hydrogens (tertiary/aromatic N) is 3. The number of hydrogen-bond donors (Lipinski definition) is 2. The van der Waals surface area contributed by atoms with Crippen molar-refractivity contribution in [3.05, 3.63) is 36.2 Å². The molecule has 5 heteroatoms. The summed E-state index contributed by atoms with van der Waals surface area (Å²) in [7, 11) is 0. The molecule has 0 unspecified atom stereocenters. The highest BCUT2D eigenvalue weighted by molar-refractivity contribution is 5.53. The largest absolute Gasteiger partial charge is 0.368 e. The first kappa shape index (κ1) is 11.3. The van der Waals surface area contributed by atoms with Gasteiger partial charge in [-0.25, -0.2) is 0 Å². The Morgan fingerprint density at radius 2 is 1.88 bits per heavy atom. The van der Waals surface area contributed by atoms with Crippen molar-refractivity contribution in [3.8, 4) is 0 Å². The van der Waals surface area contributed by atoms with Gasteiger partial charge in [-0.05, 0) is 18.6 Å². The normalized spacial score (nSPS) is 10.2. The number of benzene rings is 1. The molecule has 0 radical (unpaired) electrons. The average Bonchev–Trinajstić information content (AvgIpc) is 2.30. The monoisotopic (exact) mass is 229 g/mol. The molecule has 0 atom stereocenters. The highest BCUT2D eigenvalue weighted by Gasteiger charge is 2.03. The Kier molecular flexibility index (Phi) is 3.49. The third-order valence-electron chi connectivity index (χ3n) is 2.20. The lowest BCUT2D eigenvalue weighted by Gasteiger charge is -2.06. The minimum absolute atomic E-state index is 0.252. The van der Waals surface area contributed by atoms with E-state index < -0.39 is 0 Å². The standard InChI is InChI=1S/C12H15N5/c1-2-6-10-15-11(13)17-12(16-10)14-9-7-4-3-5-8-9/h3-5,7-8H,2,6H2,1H3,(H3,13,14,15,16,17). The summed E-state index contributed by atoms with van der Waals surface area (Å²) >= 11 is 0. The topological polar surface area (TPSA) is 76.7 Å². The zero-order valence-electron chi connectivity index (χ0n) is 9.72. The third-order valence-corrected chi connectivity index (χ3v) is 2.20. The number of hydrogen-bond acceptors (Lipinski definition) is 5. The molecular weight excluding hydrogens is 214 g/mol. The van der Waals surface area contributed by atoms with E-state index in [1.165, 1.54) is 0 Å². The van der Waals surface area contributed by atoms with Crippen LogP contribution in [-0.4, -0.2) is 15.0 Å². The van der Waals surface area contributed by atoms with Crippen molar-refractivity contribution >= 4 is 17.6 Å². The molecule has 0 amide bonds. The van der Waals surface area contributed by atoms with E-state index in [1.54, 1.807) is 0 Å². The molecule has 0 saturated heterocycles. The molecule has 0 aliphatic rings. The van der Waals surface area contributed by atoms with Gasteiger partial charge in [-0.2, -0.15) is 15.0 Å². The first-order valence-electron chi connectivity index (χ1n) is 5.60. The zero-order chi connectivity index (χ0) is 12.1. The van der Waals surface area contributed by atoms with Gasteiger partial charge >= 0.3 is 0 Å². The van der Waals surface area contributed by atoms with Crippen LogP contribution in [0.3, 0.4) is 0 Å².